The highest BCUT2D eigenvalue weighted by Crippen LogP contribution is 2.38. The Morgan fingerprint density at radius 2 is 1.48 bits per heavy atom. The number of hydrogen-bond donors (Lipinski definition) is 0. The molecule has 2 aromatic heterocycles. The van der Waals surface area contributed by atoms with Gasteiger partial charge in [-0.25, -0.2) is 13.4 Å². The molecule has 0 bridgehead atoms. The summed E-state index contributed by atoms with van der Waals surface area (Å²) in [5.74, 6) is -0.245. The molecule has 0 spiro atoms. The van der Waals surface area contributed by atoms with Crippen LogP contribution in [0.1, 0.15) is 25.1 Å². The van der Waals surface area contributed by atoms with E-state index in [1.165, 1.54) is 28.6 Å². The zero-order valence-electron chi connectivity index (χ0n) is 17.2. The number of benzene rings is 1. The minimum Gasteiger partial charge on any atom is -0.439 e. The van der Waals surface area contributed by atoms with Crippen LogP contribution in [0.3, 0.4) is 0 Å². The van der Waals surface area contributed by atoms with E-state index in [1.54, 1.807) is 13.8 Å². The van der Waals surface area contributed by atoms with E-state index in [-0.39, 0.29) is 35.7 Å². The number of aromatic nitrogens is 2. The van der Waals surface area contributed by atoms with Gasteiger partial charge in [-0.05, 0) is 36.4 Å². The van der Waals surface area contributed by atoms with Crippen LogP contribution in [0.15, 0.2) is 47.4 Å². The van der Waals surface area contributed by atoms with Crippen LogP contribution in [0.4, 0.5) is 26.3 Å². The molecule has 2 heterocycles. The second-order valence-corrected chi connectivity index (χ2v) is 8.67. The van der Waals surface area contributed by atoms with Gasteiger partial charge in [-0.3, -0.25) is 0 Å². The molecular formula is C20H17F6N3O3S. The molecule has 0 atom stereocenters. The van der Waals surface area contributed by atoms with Gasteiger partial charge in [0.15, 0.2) is 5.65 Å². The van der Waals surface area contributed by atoms with E-state index in [1.807, 2.05) is 0 Å². The van der Waals surface area contributed by atoms with Crippen molar-refractivity contribution in [1.29, 1.82) is 0 Å². The van der Waals surface area contributed by atoms with E-state index in [0.29, 0.717) is 0 Å². The van der Waals surface area contributed by atoms with E-state index in [4.69, 9.17) is 4.74 Å². The highest BCUT2D eigenvalue weighted by Gasteiger charge is 2.39. The second kappa shape index (κ2) is 8.78. The van der Waals surface area contributed by atoms with Crippen molar-refractivity contribution in [3.05, 3.63) is 53.7 Å². The van der Waals surface area contributed by atoms with Crippen molar-refractivity contribution in [2.45, 2.75) is 31.1 Å². The molecule has 0 amide bonds. The van der Waals surface area contributed by atoms with Gasteiger partial charge >= 0.3 is 12.4 Å². The summed E-state index contributed by atoms with van der Waals surface area (Å²) in [5.41, 5.74) is -4.06. The average Bonchev–Trinajstić information content (AvgIpc) is 2.72. The molecule has 6 nitrogen and oxygen atoms in total. The molecule has 0 saturated carbocycles. The number of pyridine rings is 2. The molecule has 0 fully saturated rings. The lowest BCUT2D eigenvalue weighted by atomic mass is 10.1. The third-order valence-electron chi connectivity index (χ3n) is 4.63. The Morgan fingerprint density at radius 1 is 0.879 bits per heavy atom. The third-order valence-corrected chi connectivity index (χ3v) is 6.70. The Balaban J connectivity index is 1.97. The number of rotatable bonds is 6. The van der Waals surface area contributed by atoms with Gasteiger partial charge < -0.3 is 4.74 Å². The molecule has 33 heavy (non-hydrogen) atoms. The SMILES string of the molecule is CCN(CC)S(=O)(=O)c1ccc(Oc2ccc3c(C(F)(F)F)cc(C(F)(F)F)nc3n2)cc1. The fourth-order valence-electron chi connectivity index (χ4n) is 3.04. The number of hydrogen-bond acceptors (Lipinski definition) is 5. The highest BCUT2D eigenvalue weighted by atomic mass is 32.2. The highest BCUT2D eigenvalue weighted by molar-refractivity contribution is 7.89. The van der Waals surface area contributed by atoms with Crippen LogP contribution in [0.25, 0.3) is 11.0 Å². The lowest BCUT2D eigenvalue weighted by Gasteiger charge is -2.18. The molecule has 0 aliphatic heterocycles. The number of sulfonamides is 1. The molecule has 0 aliphatic rings. The number of fused-ring (bicyclic) bond motifs is 1. The fraction of sp³-hybridized carbons (Fsp3) is 0.300. The first kappa shape index (κ1) is 24.7. The zero-order valence-corrected chi connectivity index (χ0v) is 18.0. The first-order valence-corrected chi connectivity index (χ1v) is 11.0. The van der Waals surface area contributed by atoms with Crippen LogP contribution in [0.2, 0.25) is 0 Å². The van der Waals surface area contributed by atoms with Gasteiger partial charge in [0.2, 0.25) is 15.9 Å². The van der Waals surface area contributed by atoms with Crippen molar-refractivity contribution in [3.63, 3.8) is 0 Å². The molecule has 0 saturated heterocycles. The molecule has 13 heteroatoms. The molecular weight excluding hydrogens is 476 g/mol. The Bertz CT molecular complexity index is 1260. The average molecular weight is 493 g/mol. The maximum atomic E-state index is 13.3. The molecule has 3 rings (SSSR count). The first-order chi connectivity index (χ1) is 15.3. The molecule has 0 unspecified atom stereocenters. The van der Waals surface area contributed by atoms with E-state index >= 15 is 0 Å². The van der Waals surface area contributed by atoms with Crippen molar-refractivity contribution < 1.29 is 39.5 Å². The van der Waals surface area contributed by atoms with Gasteiger partial charge in [-0.2, -0.15) is 35.6 Å². The molecule has 1 aromatic carbocycles. The topological polar surface area (TPSA) is 72.4 Å². The van der Waals surface area contributed by atoms with Crippen molar-refractivity contribution >= 4 is 21.1 Å². The van der Waals surface area contributed by atoms with Gasteiger partial charge in [0, 0.05) is 24.5 Å². The summed E-state index contributed by atoms with van der Waals surface area (Å²) in [6, 6.07) is 7.02. The maximum absolute atomic E-state index is 13.3. The Hall–Kier alpha value is -2.93. The third kappa shape index (κ3) is 5.19. The predicted molar refractivity (Wildman–Crippen MR) is 106 cm³/mol. The van der Waals surface area contributed by atoms with Crippen LogP contribution in [-0.2, 0) is 22.4 Å². The Morgan fingerprint density at radius 3 is 2.00 bits per heavy atom. The quantitative estimate of drug-likeness (QED) is 0.425. The first-order valence-electron chi connectivity index (χ1n) is 9.51. The number of nitrogens with zero attached hydrogens (tertiary/aromatic N) is 3. The minimum absolute atomic E-state index is 0.00340. The van der Waals surface area contributed by atoms with Gasteiger partial charge in [0.1, 0.15) is 11.4 Å². The van der Waals surface area contributed by atoms with Crippen molar-refractivity contribution in [3.8, 4) is 11.6 Å². The molecule has 0 N–H and O–H groups in total. The number of halogens is 6. The molecule has 0 aliphatic carbocycles. The van der Waals surface area contributed by atoms with Crippen LogP contribution in [0, 0.1) is 0 Å². The summed E-state index contributed by atoms with van der Waals surface area (Å²) >= 11 is 0. The van der Waals surface area contributed by atoms with Gasteiger partial charge in [0.05, 0.1) is 10.5 Å². The molecule has 178 valence electrons. The van der Waals surface area contributed by atoms with Crippen LogP contribution in [0.5, 0.6) is 11.6 Å². The summed E-state index contributed by atoms with van der Waals surface area (Å²) < 4.78 is 111. The number of ether oxygens (including phenoxy) is 1. The van der Waals surface area contributed by atoms with Crippen molar-refractivity contribution in [2.24, 2.45) is 0 Å². The summed E-state index contributed by atoms with van der Waals surface area (Å²) in [6.45, 7) is 3.91. The summed E-state index contributed by atoms with van der Waals surface area (Å²) in [5, 5.41) is -0.622. The maximum Gasteiger partial charge on any atom is 0.433 e. The lowest BCUT2D eigenvalue weighted by Crippen LogP contribution is -2.30. The monoisotopic (exact) mass is 493 g/mol. The smallest absolute Gasteiger partial charge is 0.433 e. The van der Waals surface area contributed by atoms with E-state index < -0.39 is 44.7 Å². The van der Waals surface area contributed by atoms with Gasteiger partial charge in [0.25, 0.3) is 0 Å². The van der Waals surface area contributed by atoms with Crippen LogP contribution >= 0.6 is 0 Å². The normalized spacial score (nSPS) is 13.0. The molecule has 3 aromatic rings. The Kier molecular flexibility index (Phi) is 6.58. The van der Waals surface area contributed by atoms with Crippen molar-refractivity contribution in [1.82, 2.24) is 14.3 Å². The number of alkyl halides is 6. The fourth-order valence-corrected chi connectivity index (χ4v) is 4.49. The zero-order chi connectivity index (χ0) is 24.6. The summed E-state index contributed by atoms with van der Waals surface area (Å²) in [7, 11) is -3.72. The van der Waals surface area contributed by atoms with E-state index in [2.05, 4.69) is 9.97 Å². The van der Waals surface area contributed by atoms with Crippen molar-refractivity contribution in [2.75, 3.05) is 13.1 Å². The lowest BCUT2D eigenvalue weighted by molar-refractivity contribution is -0.144. The summed E-state index contributed by atoms with van der Waals surface area (Å²) in [6.07, 6.45) is -10.2. The van der Waals surface area contributed by atoms with E-state index in [0.717, 1.165) is 12.1 Å². The molecule has 0 radical (unpaired) electrons. The van der Waals surface area contributed by atoms with Crippen LogP contribution < -0.4 is 4.74 Å². The van der Waals surface area contributed by atoms with Gasteiger partial charge in [-0.15, -0.1) is 0 Å². The standard InChI is InChI=1S/C20H17F6N3O3S/c1-3-29(4-2)33(30,31)13-7-5-12(6-8-13)32-17-10-9-14-15(19(21,22)23)11-16(20(24,25)26)27-18(14)28-17/h5-11H,3-4H2,1-2H3. The Labute approximate surface area is 184 Å². The second-order valence-electron chi connectivity index (χ2n) is 6.73. The van der Waals surface area contributed by atoms with E-state index in [9.17, 15) is 34.8 Å². The predicted octanol–water partition coefficient (Wildman–Crippen LogP) is 5.49. The summed E-state index contributed by atoms with van der Waals surface area (Å²) in [4.78, 5) is 6.89. The van der Waals surface area contributed by atoms with Gasteiger partial charge in [-0.1, -0.05) is 13.8 Å². The largest absolute Gasteiger partial charge is 0.439 e. The van der Waals surface area contributed by atoms with Crippen LogP contribution in [-0.4, -0.2) is 35.8 Å². The minimum atomic E-state index is -5.11.